The van der Waals surface area contributed by atoms with Gasteiger partial charge in [-0.25, -0.2) is 0 Å². The van der Waals surface area contributed by atoms with Gasteiger partial charge in [-0.05, 0) is 110 Å². The highest BCUT2D eigenvalue weighted by Crippen LogP contribution is 2.77. The molecule has 5 fully saturated rings. The number of aliphatic hydroxyl groups excluding tert-OH is 2. The van der Waals surface area contributed by atoms with Crippen molar-refractivity contribution in [2.24, 2.45) is 56.7 Å². The van der Waals surface area contributed by atoms with Crippen molar-refractivity contribution in [3.05, 3.63) is 0 Å². The SMILES string of the molecule is CC1(C)C2CC[C@]3(C)C(CCC4C5[C@H](C(=O)CO)CC[C@]5(C(=O)O)CC[C@]43C)[C@@]2(C)CC[C@@H]1O. The number of carboxylic acids is 1. The van der Waals surface area contributed by atoms with E-state index in [1.165, 1.54) is 0 Å². The van der Waals surface area contributed by atoms with Gasteiger partial charge in [0.25, 0.3) is 0 Å². The van der Waals surface area contributed by atoms with Crippen molar-refractivity contribution < 1.29 is 24.9 Å². The lowest BCUT2D eigenvalue weighted by atomic mass is 9.32. The number of aliphatic hydroxyl groups is 2. The summed E-state index contributed by atoms with van der Waals surface area (Å²) in [6.45, 7) is 11.5. The summed E-state index contributed by atoms with van der Waals surface area (Å²) in [5, 5.41) is 31.0. The molecule has 5 nitrogen and oxygen atoms in total. The molecule has 0 aromatic carbocycles. The zero-order chi connectivity index (χ0) is 24.9. The topological polar surface area (TPSA) is 94.8 Å². The molecule has 34 heavy (non-hydrogen) atoms. The van der Waals surface area contributed by atoms with E-state index in [9.17, 15) is 24.9 Å². The molecule has 10 atom stereocenters. The monoisotopic (exact) mass is 474 g/mol. The molecule has 0 amide bonds. The van der Waals surface area contributed by atoms with Crippen molar-refractivity contribution in [1.29, 1.82) is 0 Å². The van der Waals surface area contributed by atoms with Gasteiger partial charge in [-0.3, -0.25) is 9.59 Å². The Balaban J connectivity index is 1.56. The molecule has 5 saturated carbocycles. The number of hydrogen-bond acceptors (Lipinski definition) is 4. The van der Waals surface area contributed by atoms with E-state index in [1.54, 1.807) is 0 Å². The standard InChI is InChI=1S/C29H46O5/c1-25(2)20-9-12-28(5)21(26(20,3)11-10-22(25)32)7-6-18-23-17(19(31)16-30)8-13-29(23,24(33)34)15-14-27(18,28)4/h17-18,20-23,30,32H,6-16H2,1-5H3,(H,33,34)/t17-,18?,20?,21?,22-,23?,26-,27+,28+,29-/m0/s1. The number of fused-ring (bicyclic) bond motifs is 7. The molecule has 5 aliphatic carbocycles. The maximum Gasteiger partial charge on any atom is 0.309 e. The average molecular weight is 475 g/mol. The Bertz CT molecular complexity index is 882. The van der Waals surface area contributed by atoms with E-state index in [-0.39, 0.29) is 51.3 Å². The lowest BCUT2D eigenvalue weighted by Crippen LogP contribution is -2.67. The molecule has 0 aromatic heterocycles. The van der Waals surface area contributed by atoms with Gasteiger partial charge in [0.05, 0.1) is 11.5 Å². The third-order valence-corrected chi connectivity index (χ3v) is 13.4. The first-order valence-electron chi connectivity index (χ1n) is 13.8. The second kappa shape index (κ2) is 7.54. The Hall–Kier alpha value is -0.940. The molecule has 192 valence electrons. The molecule has 5 aliphatic rings. The third-order valence-electron chi connectivity index (χ3n) is 13.4. The first-order valence-corrected chi connectivity index (χ1v) is 13.8. The van der Waals surface area contributed by atoms with Crippen molar-refractivity contribution >= 4 is 11.8 Å². The lowest BCUT2D eigenvalue weighted by Gasteiger charge is -2.72. The van der Waals surface area contributed by atoms with Gasteiger partial charge in [-0.15, -0.1) is 0 Å². The summed E-state index contributed by atoms with van der Waals surface area (Å²) in [5.41, 5.74) is -0.616. The van der Waals surface area contributed by atoms with Gasteiger partial charge in [0.15, 0.2) is 5.78 Å². The van der Waals surface area contributed by atoms with Gasteiger partial charge < -0.3 is 15.3 Å². The highest BCUT2D eigenvalue weighted by atomic mass is 16.4. The molecule has 0 saturated heterocycles. The molecule has 0 bridgehead atoms. The maximum atomic E-state index is 12.8. The highest BCUT2D eigenvalue weighted by Gasteiger charge is 2.72. The fourth-order valence-electron chi connectivity index (χ4n) is 11.4. The fourth-order valence-corrected chi connectivity index (χ4v) is 11.4. The Kier molecular flexibility index (Phi) is 5.48. The van der Waals surface area contributed by atoms with Crippen LogP contribution in [0.1, 0.15) is 98.8 Å². The molecule has 3 N–H and O–H groups in total. The molecule has 0 radical (unpaired) electrons. The highest BCUT2D eigenvalue weighted by molar-refractivity contribution is 5.85. The van der Waals surface area contributed by atoms with Crippen LogP contribution in [0.4, 0.5) is 0 Å². The van der Waals surface area contributed by atoms with Gasteiger partial charge in [0, 0.05) is 5.92 Å². The van der Waals surface area contributed by atoms with Crippen LogP contribution in [0, 0.1) is 56.7 Å². The summed E-state index contributed by atoms with van der Waals surface area (Å²) in [5.74, 6) is -0.0831. The predicted molar refractivity (Wildman–Crippen MR) is 130 cm³/mol. The van der Waals surface area contributed by atoms with Crippen LogP contribution >= 0.6 is 0 Å². The van der Waals surface area contributed by atoms with Gasteiger partial charge in [-0.1, -0.05) is 34.6 Å². The van der Waals surface area contributed by atoms with E-state index in [2.05, 4.69) is 34.6 Å². The van der Waals surface area contributed by atoms with Crippen LogP contribution in [-0.4, -0.2) is 39.8 Å². The van der Waals surface area contributed by atoms with Gasteiger partial charge in [-0.2, -0.15) is 0 Å². The summed E-state index contributed by atoms with van der Waals surface area (Å²) in [6, 6.07) is 0. The first kappa shape index (κ1) is 24.7. The van der Waals surface area contributed by atoms with E-state index in [0.717, 1.165) is 44.9 Å². The first-order chi connectivity index (χ1) is 15.8. The number of hydrogen-bond donors (Lipinski definition) is 3. The zero-order valence-corrected chi connectivity index (χ0v) is 21.9. The normalized spacial score (nSPS) is 53.7. The molecule has 0 spiro atoms. The summed E-state index contributed by atoms with van der Waals surface area (Å²) in [4.78, 5) is 25.5. The number of carboxylic acid groups (broad SMARTS) is 1. The van der Waals surface area contributed by atoms with Crippen LogP contribution in [0.15, 0.2) is 0 Å². The molecule has 5 rings (SSSR count). The molecule has 4 unspecified atom stereocenters. The van der Waals surface area contributed by atoms with Crippen LogP contribution in [0.25, 0.3) is 0 Å². The number of Topliss-reactive ketones (excluding diaryl/α,β-unsaturated/α-hetero) is 1. The summed E-state index contributed by atoms with van der Waals surface area (Å²) >= 11 is 0. The fraction of sp³-hybridized carbons (Fsp3) is 0.931. The van der Waals surface area contributed by atoms with Gasteiger partial charge in [0.2, 0.25) is 0 Å². The third kappa shape index (κ3) is 2.80. The van der Waals surface area contributed by atoms with Crippen molar-refractivity contribution in [2.75, 3.05) is 6.61 Å². The Morgan fingerprint density at radius 3 is 2.15 bits per heavy atom. The number of carbonyl (C=O) groups is 2. The van der Waals surface area contributed by atoms with Crippen LogP contribution in [-0.2, 0) is 9.59 Å². The minimum atomic E-state index is -0.805. The van der Waals surface area contributed by atoms with Crippen LogP contribution < -0.4 is 0 Å². The summed E-state index contributed by atoms with van der Waals surface area (Å²) < 4.78 is 0. The maximum absolute atomic E-state index is 12.8. The van der Waals surface area contributed by atoms with Crippen molar-refractivity contribution in [2.45, 2.75) is 105 Å². The lowest BCUT2D eigenvalue weighted by molar-refractivity contribution is -0.248. The Labute approximate surface area is 205 Å². The molecule has 0 heterocycles. The second-order valence-corrected chi connectivity index (χ2v) is 14.3. The van der Waals surface area contributed by atoms with Gasteiger partial charge in [0.1, 0.15) is 6.61 Å². The average Bonchev–Trinajstić information content (AvgIpc) is 3.18. The molecule has 0 aliphatic heterocycles. The summed E-state index contributed by atoms with van der Waals surface area (Å²) in [7, 11) is 0. The summed E-state index contributed by atoms with van der Waals surface area (Å²) in [6.07, 6.45) is 8.74. The minimum absolute atomic E-state index is 0.00789. The van der Waals surface area contributed by atoms with E-state index >= 15 is 0 Å². The predicted octanol–water partition coefficient (Wildman–Crippen LogP) is 5.07. The number of rotatable bonds is 3. The van der Waals surface area contributed by atoms with Crippen LogP contribution in [0.2, 0.25) is 0 Å². The van der Waals surface area contributed by atoms with Crippen molar-refractivity contribution in [1.82, 2.24) is 0 Å². The quantitative estimate of drug-likeness (QED) is 0.530. The van der Waals surface area contributed by atoms with Crippen LogP contribution in [0.3, 0.4) is 0 Å². The molecular formula is C29H46O5. The van der Waals surface area contributed by atoms with E-state index < -0.39 is 18.0 Å². The van der Waals surface area contributed by atoms with E-state index in [4.69, 9.17) is 0 Å². The smallest absolute Gasteiger partial charge is 0.309 e. The van der Waals surface area contributed by atoms with Gasteiger partial charge >= 0.3 is 5.97 Å². The molecule has 5 heteroatoms. The zero-order valence-electron chi connectivity index (χ0n) is 21.9. The molecule has 0 aromatic rings. The number of ketones is 1. The van der Waals surface area contributed by atoms with Crippen molar-refractivity contribution in [3.8, 4) is 0 Å². The minimum Gasteiger partial charge on any atom is -0.481 e. The van der Waals surface area contributed by atoms with E-state index in [0.29, 0.717) is 31.1 Å². The number of aliphatic carboxylic acids is 1. The van der Waals surface area contributed by atoms with Crippen molar-refractivity contribution in [3.63, 3.8) is 0 Å². The molecular weight excluding hydrogens is 428 g/mol. The number of carbonyl (C=O) groups excluding carboxylic acids is 1. The Morgan fingerprint density at radius 2 is 1.50 bits per heavy atom. The second-order valence-electron chi connectivity index (χ2n) is 14.3. The van der Waals surface area contributed by atoms with Crippen LogP contribution in [0.5, 0.6) is 0 Å². The largest absolute Gasteiger partial charge is 0.481 e. The Morgan fingerprint density at radius 1 is 0.794 bits per heavy atom. The van der Waals surface area contributed by atoms with E-state index in [1.807, 2.05) is 0 Å².